The summed E-state index contributed by atoms with van der Waals surface area (Å²) in [6, 6.07) is 0.722. The van der Waals surface area contributed by atoms with Crippen LogP contribution in [0.4, 0.5) is 0 Å². The summed E-state index contributed by atoms with van der Waals surface area (Å²) in [7, 11) is 6.51. The van der Waals surface area contributed by atoms with Gasteiger partial charge in [-0.05, 0) is 40.5 Å². The van der Waals surface area contributed by atoms with Crippen LogP contribution in [0.25, 0.3) is 0 Å². The fraction of sp³-hybridized carbons (Fsp3) is 1.00. The molecule has 1 N–H and O–H groups in total. The fourth-order valence-corrected chi connectivity index (χ4v) is 2.09. The molecule has 0 aromatic rings. The summed E-state index contributed by atoms with van der Waals surface area (Å²) < 4.78 is 0. The molecule has 0 amide bonds. The highest BCUT2D eigenvalue weighted by atomic mass is 15.2. The van der Waals surface area contributed by atoms with Crippen LogP contribution in [-0.4, -0.2) is 63.2 Å². The van der Waals surface area contributed by atoms with Crippen LogP contribution in [0.1, 0.15) is 25.7 Å². The van der Waals surface area contributed by atoms with E-state index in [9.17, 15) is 0 Å². The summed E-state index contributed by atoms with van der Waals surface area (Å²) in [6.45, 7) is 4.74. The van der Waals surface area contributed by atoms with E-state index in [-0.39, 0.29) is 0 Å². The summed E-state index contributed by atoms with van der Waals surface area (Å²) in [5.74, 6) is 0. The second kappa shape index (κ2) is 7.20. The smallest absolute Gasteiger partial charge is 0.0194 e. The first-order valence-corrected chi connectivity index (χ1v) is 6.25. The summed E-state index contributed by atoms with van der Waals surface area (Å²) in [5, 5.41) is 3.64. The second-order valence-electron chi connectivity index (χ2n) is 5.07. The van der Waals surface area contributed by atoms with Crippen molar-refractivity contribution in [2.24, 2.45) is 0 Å². The van der Waals surface area contributed by atoms with Gasteiger partial charge in [-0.25, -0.2) is 0 Å². The minimum atomic E-state index is 0.722. The van der Waals surface area contributed by atoms with Gasteiger partial charge in [0.2, 0.25) is 0 Å². The van der Waals surface area contributed by atoms with Crippen LogP contribution in [0.3, 0.4) is 0 Å². The molecule has 90 valence electrons. The Kier molecular flexibility index (Phi) is 6.22. The van der Waals surface area contributed by atoms with Gasteiger partial charge in [0.1, 0.15) is 0 Å². The lowest BCUT2D eigenvalue weighted by Gasteiger charge is -2.24. The van der Waals surface area contributed by atoms with Crippen molar-refractivity contribution >= 4 is 0 Å². The van der Waals surface area contributed by atoms with Crippen LogP contribution in [0, 0.1) is 0 Å². The molecular formula is C12H27N3. The molecule has 0 aromatic carbocycles. The Hall–Kier alpha value is -0.120. The average molecular weight is 213 g/mol. The van der Waals surface area contributed by atoms with E-state index in [2.05, 4.69) is 36.3 Å². The van der Waals surface area contributed by atoms with Gasteiger partial charge in [-0.1, -0.05) is 12.8 Å². The van der Waals surface area contributed by atoms with E-state index >= 15 is 0 Å². The van der Waals surface area contributed by atoms with Crippen LogP contribution in [0.5, 0.6) is 0 Å². The molecule has 0 saturated carbocycles. The normalized spacial score (nSPS) is 23.4. The van der Waals surface area contributed by atoms with Gasteiger partial charge in [-0.15, -0.1) is 0 Å². The molecule has 1 unspecified atom stereocenters. The Morgan fingerprint density at radius 3 is 2.60 bits per heavy atom. The Morgan fingerprint density at radius 1 is 1.07 bits per heavy atom. The zero-order valence-corrected chi connectivity index (χ0v) is 10.6. The first-order valence-electron chi connectivity index (χ1n) is 6.25. The summed E-state index contributed by atoms with van der Waals surface area (Å²) >= 11 is 0. The number of nitrogens with one attached hydrogen (secondary N) is 1. The van der Waals surface area contributed by atoms with Gasteiger partial charge < -0.3 is 15.1 Å². The molecule has 0 aliphatic carbocycles. The van der Waals surface area contributed by atoms with Gasteiger partial charge in [-0.2, -0.15) is 0 Å². The topological polar surface area (TPSA) is 18.5 Å². The molecule has 0 spiro atoms. The van der Waals surface area contributed by atoms with Crippen molar-refractivity contribution in [3.05, 3.63) is 0 Å². The number of hydrogen-bond donors (Lipinski definition) is 1. The van der Waals surface area contributed by atoms with E-state index in [1.807, 2.05) is 0 Å². The average Bonchev–Trinajstić information content (AvgIpc) is 2.43. The van der Waals surface area contributed by atoms with Gasteiger partial charge in [0.05, 0.1) is 0 Å². The third kappa shape index (κ3) is 6.13. The zero-order chi connectivity index (χ0) is 11.1. The predicted octanol–water partition coefficient (Wildman–Crippen LogP) is 1.01. The van der Waals surface area contributed by atoms with Crippen molar-refractivity contribution in [3.63, 3.8) is 0 Å². The highest BCUT2D eigenvalue weighted by Crippen LogP contribution is 2.08. The third-order valence-corrected chi connectivity index (χ3v) is 3.12. The van der Waals surface area contributed by atoms with Crippen LogP contribution in [-0.2, 0) is 0 Å². The molecule has 1 fully saturated rings. The molecule has 3 nitrogen and oxygen atoms in total. The standard InChI is InChI=1S/C12H27N3/c1-14(2)9-10-15(3)11-12-7-5-4-6-8-13-12/h12-13H,4-11H2,1-3H3. The minimum absolute atomic E-state index is 0.722. The molecule has 0 radical (unpaired) electrons. The minimum Gasteiger partial charge on any atom is -0.313 e. The zero-order valence-electron chi connectivity index (χ0n) is 10.6. The summed E-state index contributed by atoms with van der Waals surface area (Å²) in [5.41, 5.74) is 0. The number of likely N-dealkylation sites (N-methyl/N-ethyl adjacent to an activating group) is 2. The highest BCUT2D eigenvalue weighted by molar-refractivity contribution is 4.73. The molecule has 1 atom stereocenters. The Morgan fingerprint density at radius 2 is 1.87 bits per heavy atom. The molecule has 15 heavy (non-hydrogen) atoms. The van der Waals surface area contributed by atoms with E-state index in [1.165, 1.54) is 45.3 Å². The molecule has 1 aliphatic rings. The lowest BCUT2D eigenvalue weighted by atomic mass is 10.1. The number of rotatable bonds is 5. The van der Waals surface area contributed by atoms with E-state index in [0.29, 0.717) is 0 Å². The Labute approximate surface area is 94.8 Å². The Balaban J connectivity index is 2.14. The van der Waals surface area contributed by atoms with E-state index in [1.54, 1.807) is 0 Å². The van der Waals surface area contributed by atoms with Crippen LogP contribution in [0.2, 0.25) is 0 Å². The van der Waals surface area contributed by atoms with E-state index in [0.717, 1.165) is 12.6 Å². The lowest BCUT2D eigenvalue weighted by molar-refractivity contribution is 0.253. The molecule has 1 aliphatic heterocycles. The molecule has 1 rings (SSSR count). The first kappa shape index (κ1) is 12.9. The quantitative estimate of drug-likeness (QED) is 0.735. The van der Waals surface area contributed by atoms with Crippen molar-refractivity contribution in [1.82, 2.24) is 15.1 Å². The Bertz CT molecular complexity index is 151. The maximum absolute atomic E-state index is 3.64. The van der Waals surface area contributed by atoms with Crippen molar-refractivity contribution in [2.45, 2.75) is 31.7 Å². The molecular weight excluding hydrogens is 186 g/mol. The monoisotopic (exact) mass is 213 g/mol. The largest absolute Gasteiger partial charge is 0.313 e. The number of nitrogens with zero attached hydrogens (tertiary/aromatic N) is 2. The summed E-state index contributed by atoms with van der Waals surface area (Å²) in [4.78, 5) is 4.69. The van der Waals surface area contributed by atoms with Crippen molar-refractivity contribution in [3.8, 4) is 0 Å². The fourth-order valence-electron chi connectivity index (χ4n) is 2.09. The van der Waals surface area contributed by atoms with Crippen LogP contribution in [0.15, 0.2) is 0 Å². The van der Waals surface area contributed by atoms with Gasteiger partial charge in [0.25, 0.3) is 0 Å². The lowest BCUT2D eigenvalue weighted by Crippen LogP contribution is -2.41. The van der Waals surface area contributed by atoms with E-state index < -0.39 is 0 Å². The maximum atomic E-state index is 3.64. The van der Waals surface area contributed by atoms with E-state index in [4.69, 9.17) is 0 Å². The predicted molar refractivity (Wildman–Crippen MR) is 66.3 cm³/mol. The molecule has 0 aromatic heterocycles. The van der Waals surface area contributed by atoms with Crippen molar-refractivity contribution < 1.29 is 0 Å². The van der Waals surface area contributed by atoms with Crippen molar-refractivity contribution in [1.29, 1.82) is 0 Å². The van der Waals surface area contributed by atoms with Crippen LogP contribution >= 0.6 is 0 Å². The SMILES string of the molecule is CN(C)CCN(C)CC1CCCCCN1. The molecule has 1 heterocycles. The molecule has 1 saturated heterocycles. The third-order valence-electron chi connectivity index (χ3n) is 3.12. The summed E-state index contributed by atoms with van der Waals surface area (Å²) in [6.07, 6.45) is 5.52. The molecule has 3 heteroatoms. The first-order chi connectivity index (χ1) is 7.18. The van der Waals surface area contributed by atoms with Gasteiger partial charge in [0, 0.05) is 25.7 Å². The van der Waals surface area contributed by atoms with Gasteiger partial charge in [-0.3, -0.25) is 0 Å². The highest BCUT2D eigenvalue weighted by Gasteiger charge is 2.13. The van der Waals surface area contributed by atoms with Crippen LogP contribution < -0.4 is 5.32 Å². The van der Waals surface area contributed by atoms with Gasteiger partial charge in [0.15, 0.2) is 0 Å². The van der Waals surface area contributed by atoms with Gasteiger partial charge >= 0.3 is 0 Å². The maximum Gasteiger partial charge on any atom is 0.0194 e. The second-order valence-corrected chi connectivity index (χ2v) is 5.07. The number of hydrogen-bond acceptors (Lipinski definition) is 3. The molecule has 0 bridgehead atoms. The van der Waals surface area contributed by atoms with Crippen molar-refractivity contribution in [2.75, 3.05) is 47.3 Å².